The van der Waals surface area contributed by atoms with Crippen LogP contribution in [0.2, 0.25) is 0 Å². The number of thioether (sulfide) groups is 1. The smallest absolute Gasteiger partial charge is 0.277 e. The largest absolute Gasteiger partial charge is 0.454 e. The van der Waals surface area contributed by atoms with E-state index in [1.165, 1.54) is 11.8 Å². The van der Waals surface area contributed by atoms with Crippen LogP contribution in [-0.4, -0.2) is 28.1 Å². The molecular weight excluding hydrogens is 366 g/mol. The van der Waals surface area contributed by atoms with E-state index in [-0.39, 0.29) is 18.0 Å². The van der Waals surface area contributed by atoms with Crippen molar-refractivity contribution in [2.24, 2.45) is 0 Å². The number of benzene rings is 2. The van der Waals surface area contributed by atoms with E-state index in [9.17, 15) is 4.79 Å². The molecule has 0 saturated heterocycles. The Morgan fingerprint density at radius 2 is 1.96 bits per heavy atom. The second kappa shape index (κ2) is 7.71. The number of carbonyl (C=O) groups is 1. The van der Waals surface area contributed by atoms with Gasteiger partial charge in [0.1, 0.15) is 0 Å². The predicted molar refractivity (Wildman–Crippen MR) is 99.5 cm³/mol. The summed E-state index contributed by atoms with van der Waals surface area (Å²) in [6.45, 7) is 2.43. The molecule has 7 nitrogen and oxygen atoms in total. The zero-order chi connectivity index (χ0) is 18.6. The molecule has 1 aliphatic rings. The molecule has 0 unspecified atom stereocenters. The third-order valence-corrected chi connectivity index (χ3v) is 4.91. The van der Waals surface area contributed by atoms with Crippen LogP contribution in [0.25, 0.3) is 11.5 Å². The van der Waals surface area contributed by atoms with Crippen molar-refractivity contribution in [1.82, 2.24) is 15.5 Å². The van der Waals surface area contributed by atoms with Crippen LogP contribution in [0.1, 0.15) is 12.5 Å². The van der Waals surface area contributed by atoms with Crippen molar-refractivity contribution in [3.63, 3.8) is 0 Å². The zero-order valence-electron chi connectivity index (χ0n) is 14.5. The van der Waals surface area contributed by atoms with Crippen LogP contribution in [0, 0.1) is 0 Å². The predicted octanol–water partition coefficient (Wildman–Crippen LogP) is 3.26. The molecular formula is C19H17N3O4S. The van der Waals surface area contributed by atoms with Crippen molar-refractivity contribution in [3.8, 4) is 23.0 Å². The van der Waals surface area contributed by atoms with Crippen LogP contribution in [0.3, 0.4) is 0 Å². The maximum Gasteiger partial charge on any atom is 0.277 e. The molecule has 0 radical (unpaired) electrons. The molecule has 0 spiro atoms. The van der Waals surface area contributed by atoms with Crippen molar-refractivity contribution >= 4 is 17.7 Å². The number of rotatable bonds is 6. The van der Waals surface area contributed by atoms with Gasteiger partial charge in [0.25, 0.3) is 5.22 Å². The van der Waals surface area contributed by atoms with Crippen molar-refractivity contribution in [1.29, 1.82) is 0 Å². The lowest BCUT2D eigenvalue weighted by atomic mass is 10.2. The highest BCUT2D eigenvalue weighted by atomic mass is 32.2. The van der Waals surface area contributed by atoms with E-state index in [1.54, 1.807) is 6.92 Å². The fourth-order valence-corrected chi connectivity index (χ4v) is 3.25. The van der Waals surface area contributed by atoms with Crippen LogP contribution in [-0.2, 0) is 11.3 Å². The monoisotopic (exact) mass is 383 g/mol. The first-order chi connectivity index (χ1) is 13.2. The van der Waals surface area contributed by atoms with Crippen molar-refractivity contribution < 1.29 is 18.7 Å². The van der Waals surface area contributed by atoms with Crippen LogP contribution >= 0.6 is 11.8 Å². The highest BCUT2D eigenvalue weighted by Crippen LogP contribution is 2.32. The minimum absolute atomic E-state index is 0.114. The maximum atomic E-state index is 12.4. The van der Waals surface area contributed by atoms with Gasteiger partial charge in [-0.2, -0.15) is 0 Å². The van der Waals surface area contributed by atoms with Gasteiger partial charge in [-0.15, -0.1) is 10.2 Å². The van der Waals surface area contributed by atoms with Crippen LogP contribution in [0.4, 0.5) is 0 Å². The third kappa shape index (κ3) is 4.06. The Morgan fingerprint density at radius 3 is 2.81 bits per heavy atom. The summed E-state index contributed by atoms with van der Waals surface area (Å²) >= 11 is 1.23. The molecule has 1 atom stereocenters. The number of hydrogen-bond acceptors (Lipinski definition) is 7. The molecule has 3 aromatic rings. The van der Waals surface area contributed by atoms with Gasteiger partial charge in [0.15, 0.2) is 11.5 Å². The number of ether oxygens (including phenoxy) is 2. The molecule has 0 saturated carbocycles. The van der Waals surface area contributed by atoms with E-state index in [2.05, 4.69) is 15.5 Å². The van der Waals surface area contributed by atoms with Crippen LogP contribution in [0.5, 0.6) is 11.5 Å². The van der Waals surface area contributed by atoms with E-state index in [1.807, 2.05) is 48.5 Å². The number of aromatic nitrogens is 2. The molecule has 2 aromatic carbocycles. The molecule has 0 fully saturated rings. The summed E-state index contributed by atoms with van der Waals surface area (Å²) in [6.07, 6.45) is 0. The first kappa shape index (κ1) is 17.4. The summed E-state index contributed by atoms with van der Waals surface area (Å²) < 4.78 is 16.3. The topological polar surface area (TPSA) is 86.5 Å². The van der Waals surface area contributed by atoms with E-state index < -0.39 is 0 Å². The molecule has 27 heavy (non-hydrogen) atoms. The van der Waals surface area contributed by atoms with Crippen molar-refractivity contribution in [2.45, 2.75) is 23.9 Å². The highest BCUT2D eigenvalue weighted by molar-refractivity contribution is 8.00. The average molecular weight is 383 g/mol. The van der Waals surface area contributed by atoms with E-state index in [4.69, 9.17) is 13.9 Å². The Balaban J connectivity index is 1.32. The fourth-order valence-electron chi connectivity index (χ4n) is 2.54. The highest BCUT2D eigenvalue weighted by Gasteiger charge is 2.19. The Hall–Kier alpha value is -3.00. The van der Waals surface area contributed by atoms with Gasteiger partial charge in [-0.25, -0.2) is 0 Å². The quantitative estimate of drug-likeness (QED) is 0.654. The summed E-state index contributed by atoms with van der Waals surface area (Å²) in [5.41, 5.74) is 1.78. The van der Waals surface area contributed by atoms with Gasteiger partial charge >= 0.3 is 0 Å². The van der Waals surface area contributed by atoms with E-state index >= 15 is 0 Å². The number of fused-ring (bicyclic) bond motifs is 1. The number of nitrogens with zero attached hydrogens (tertiary/aromatic N) is 2. The lowest BCUT2D eigenvalue weighted by Gasteiger charge is -2.10. The second-order valence-electron chi connectivity index (χ2n) is 5.90. The fraction of sp³-hybridized carbons (Fsp3) is 0.211. The molecule has 0 aliphatic carbocycles. The minimum atomic E-state index is -0.372. The van der Waals surface area contributed by atoms with Gasteiger partial charge in [0.05, 0.1) is 5.25 Å². The lowest BCUT2D eigenvalue weighted by Crippen LogP contribution is -2.30. The van der Waals surface area contributed by atoms with Crippen molar-refractivity contribution in [2.75, 3.05) is 6.79 Å². The molecule has 1 N–H and O–H groups in total. The van der Waals surface area contributed by atoms with E-state index in [0.29, 0.717) is 23.4 Å². The van der Waals surface area contributed by atoms with Gasteiger partial charge in [-0.3, -0.25) is 4.79 Å². The van der Waals surface area contributed by atoms with Gasteiger partial charge in [-0.05, 0) is 36.8 Å². The zero-order valence-corrected chi connectivity index (χ0v) is 15.4. The summed E-state index contributed by atoms with van der Waals surface area (Å²) in [7, 11) is 0. The van der Waals surface area contributed by atoms with Crippen LogP contribution < -0.4 is 14.8 Å². The number of nitrogens with one attached hydrogen (secondary N) is 1. The Bertz CT molecular complexity index is 945. The number of amides is 1. The Labute approximate surface area is 160 Å². The number of carbonyl (C=O) groups excluding carboxylic acids is 1. The molecule has 138 valence electrons. The molecule has 1 aliphatic heterocycles. The standard InChI is InChI=1S/C19H17N3O4S/c1-12(27-19-22-21-18(26-19)14-5-3-2-4-6-14)17(23)20-10-13-7-8-15-16(9-13)25-11-24-15/h2-9,12H,10-11H2,1H3,(H,20,23)/t12-/m1/s1. The maximum absolute atomic E-state index is 12.4. The molecule has 4 rings (SSSR count). The molecule has 1 amide bonds. The van der Waals surface area contributed by atoms with Gasteiger partial charge in [0.2, 0.25) is 18.6 Å². The average Bonchev–Trinajstić information content (AvgIpc) is 3.35. The third-order valence-electron chi connectivity index (χ3n) is 3.98. The SMILES string of the molecule is C[C@@H](Sc1nnc(-c2ccccc2)o1)C(=O)NCc1ccc2c(c1)OCO2. The van der Waals surface area contributed by atoms with Crippen molar-refractivity contribution in [3.05, 3.63) is 54.1 Å². The normalized spacial score (nSPS) is 13.4. The minimum Gasteiger partial charge on any atom is -0.454 e. The number of hydrogen-bond donors (Lipinski definition) is 1. The Kier molecular flexibility index (Phi) is 4.97. The summed E-state index contributed by atoms with van der Waals surface area (Å²) in [6, 6.07) is 15.1. The second-order valence-corrected chi connectivity index (χ2v) is 7.20. The first-order valence-electron chi connectivity index (χ1n) is 8.41. The first-order valence-corrected chi connectivity index (χ1v) is 9.29. The molecule has 1 aromatic heterocycles. The summed E-state index contributed by atoms with van der Waals surface area (Å²) in [5, 5.41) is 10.9. The Morgan fingerprint density at radius 1 is 1.15 bits per heavy atom. The van der Waals surface area contributed by atoms with Gasteiger partial charge in [-0.1, -0.05) is 36.0 Å². The summed E-state index contributed by atoms with van der Waals surface area (Å²) in [5.74, 6) is 1.74. The lowest BCUT2D eigenvalue weighted by molar-refractivity contribution is -0.120. The molecule has 2 heterocycles. The molecule has 8 heteroatoms. The van der Waals surface area contributed by atoms with Crippen LogP contribution in [0.15, 0.2) is 58.2 Å². The van der Waals surface area contributed by atoms with E-state index in [0.717, 1.165) is 16.9 Å². The molecule has 0 bridgehead atoms. The van der Waals surface area contributed by atoms with Gasteiger partial charge in [0, 0.05) is 12.1 Å². The summed E-state index contributed by atoms with van der Waals surface area (Å²) in [4.78, 5) is 12.4. The van der Waals surface area contributed by atoms with Gasteiger partial charge < -0.3 is 19.2 Å².